The molecule has 67 heavy (non-hydrogen) atoms. The number of benzene rings is 11. The van der Waals surface area contributed by atoms with Gasteiger partial charge in [-0.1, -0.05) is 188 Å². The van der Waals surface area contributed by atoms with Crippen molar-refractivity contribution in [3.8, 4) is 50.2 Å². The minimum atomic E-state index is 0.910. The fourth-order valence-electron chi connectivity index (χ4n) is 10.1. The van der Waals surface area contributed by atoms with Gasteiger partial charge in [0.05, 0.1) is 16.7 Å². The van der Waals surface area contributed by atoms with E-state index in [0.717, 1.165) is 78.1 Å². The summed E-state index contributed by atoms with van der Waals surface area (Å²) in [6.45, 7) is 0. The Morgan fingerprint density at radius 1 is 0.299 bits per heavy atom. The number of fused-ring (bicyclic) bond motifs is 7. The Morgan fingerprint density at radius 2 is 0.821 bits per heavy atom. The Labute approximate surface area is 388 Å². The predicted octanol–water partition coefficient (Wildman–Crippen LogP) is 18.0. The Morgan fingerprint density at radius 3 is 1.55 bits per heavy atom. The quantitative estimate of drug-likeness (QED) is 0.152. The molecule has 0 fully saturated rings. The van der Waals surface area contributed by atoms with Gasteiger partial charge in [-0.25, -0.2) is 0 Å². The third kappa shape index (κ3) is 6.67. The van der Waals surface area contributed by atoms with Gasteiger partial charge < -0.3 is 13.9 Å². The molecule has 0 aliphatic carbocycles. The molecule has 314 valence electrons. The molecule has 3 heteroatoms. The maximum Gasteiger partial charge on any atom is 0.143 e. The Hall–Kier alpha value is -8.92. The molecule has 3 nitrogen and oxygen atoms in total. The number of aromatic nitrogens is 1. The number of furan rings is 1. The Kier molecular flexibility index (Phi) is 9.17. The molecule has 13 aromatic rings. The summed E-state index contributed by atoms with van der Waals surface area (Å²) in [5, 5.41) is 7.26. The second-order valence-electron chi connectivity index (χ2n) is 17.3. The summed E-state index contributed by atoms with van der Waals surface area (Å²) >= 11 is 0. The van der Waals surface area contributed by atoms with Crippen molar-refractivity contribution >= 4 is 71.6 Å². The molecule has 0 aliphatic rings. The molecule has 0 N–H and O–H groups in total. The number of rotatable bonds is 8. The summed E-state index contributed by atoms with van der Waals surface area (Å²) in [6, 6.07) is 91.9. The lowest BCUT2D eigenvalue weighted by Crippen LogP contribution is -2.10. The van der Waals surface area contributed by atoms with E-state index in [4.69, 9.17) is 4.42 Å². The lowest BCUT2D eigenvalue weighted by Gasteiger charge is -2.27. The zero-order chi connectivity index (χ0) is 44.3. The predicted molar refractivity (Wildman–Crippen MR) is 282 cm³/mol. The van der Waals surface area contributed by atoms with Gasteiger partial charge in [0.1, 0.15) is 11.2 Å². The first-order valence-electron chi connectivity index (χ1n) is 22.9. The summed E-state index contributed by atoms with van der Waals surface area (Å²) in [5.74, 6) is 0. The largest absolute Gasteiger partial charge is 0.455 e. The van der Waals surface area contributed by atoms with E-state index in [1.54, 1.807) is 0 Å². The summed E-state index contributed by atoms with van der Waals surface area (Å²) in [5.41, 5.74) is 17.8. The first-order chi connectivity index (χ1) is 33.2. The van der Waals surface area contributed by atoms with Gasteiger partial charge in [-0.05, 0) is 111 Å². The van der Waals surface area contributed by atoms with E-state index in [1.165, 1.54) is 43.7 Å². The van der Waals surface area contributed by atoms with Crippen LogP contribution < -0.4 is 4.90 Å². The van der Waals surface area contributed by atoms with E-state index in [2.05, 4.69) is 252 Å². The highest BCUT2D eigenvalue weighted by Crippen LogP contribution is 2.42. The summed E-state index contributed by atoms with van der Waals surface area (Å²) < 4.78 is 8.80. The lowest BCUT2D eigenvalue weighted by atomic mass is 9.98. The van der Waals surface area contributed by atoms with Crippen LogP contribution in [0, 0.1) is 0 Å². The van der Waals surface area contributed by atoms with E-state index in [-0.39, 0.29) is 0 Å². The SMILES string of the molecule is c1cc(-c2ccccc2-n2c3ccccc3c3ccccc32)cc(N(c2ccc(-c3ccc(-c4cccc5c4oc4ccccc45)cc3)cc2)c2ccc(-c3ccc4ccccc4c3)cc2)c1. The molecule has 2 aromatic heterocycles. The molecule has 0 saturated heterocycles. The standard InChI is InChI=1S/C64H42N2O/c1-2-14-48-41-49(32-29-43(48)13-1)46-35-39-52(40-36-46)65(51-37-33-45(34-38-51)44-27-30-47(31-28-44)55-21-12-22-59-58-20-6-10-26-63(58)67-64(55)59)53-16-11-15-50(42-53)54-17-3-7-23-60(54)66-61-24-8-4-18-56(61)57-19-5-9-25-62(57)66/h1-42H. The molecule has 0 atom stereocenters. The third-order valence-corrected chi connectivity index (χ3v) is 13.4. The molecule has 0 radical (unpaired) electrons. The van der Waals surface area contributed by atoms with Crippen LogP contribution in [-0.2, 0) is 0 Å². The molecular weight excluding hydrogens is 813 g/mol. The normalized spacial score (nSPS) is 11.6. The van der Waals surface area contributed by atoms with Gasteiger partial charge in [0.25, 0.3) is 0 Å². The summed E-state index contributed by atoms with van der Waals surface area (Å²) in [6.07, 6.45) is 0. The molecule has 13 rings (SSSR count). The van der Waals surface area contributed by atoms with Gasteiger partial charge in [0.15, 0.2) is 0 Å². The molecule has 2 heterocycles. The van der Waals surface area contributed by atoms with E-state index in [0.29, 0.717) is 0 Å². The molecule has 11 aromatic carbocycles. The molecular formula is C64H42N2O. The second kappa shape index (κ2) is 16.0. The van der Waals surface area contributed by atoms with E-state index in [9.17, 15) is 0 Å². The summed E-state index contributed by atoms with van der Waals surface area (Å²) in [4.78, 5) is 2.37. The molecule has 0 unspecified atom stereocenters. The highest BCUT2D eigenvalue weighted by Gasteiger charge is 2.19. The minimum Gasteiger partial charge on any atom is -0.455 e. The first-order valence-corrected chi connectivity index (χ1v) is 22.9. The van der Waals surface area contributed by atoms with Crippen molar-refractivity contribution in [2.45, 2.75) is 0 Å². The topological polar surface area (TPSA) is 21.3 Å². The maximum absolute atomic E-state index is 6.39. The zero-order valence-electron chi connectivity index (χ0n) is 36.6. The van der Waals surface area contributed by atoms with Gasteiger partial charge >= 0.3 is 0 Å². The van der Waals surface area contributed by atoms with E-state index < -0.39 is 0 Å². The van der Waals surface area contributed by atoms with Crippen LogP contribution in [0.15, 0.2) is 259 Å². The molecule has 0 amide bonds. The summed E-state index contributed by atoms with van der Waals surface area (Å²) in [7, 11) is 0. The van der Waals surface area contributed by atoms with Crippen LogP contribution in [0.25, 0.3) is 105 Å². The van der Waals surface area contributed by atoms with Crippen LogP contribution in [-0.4, -0.2) is 4.57 Å². The van der Waals surface area contributed by atoms with Gasteiger partial charge in [-0.15, -0.1) is 0 Å². The molecule has 0 bridgehead atoms. The number of nitrogens with zero attached hydrogens (tertiary/aromatic N) is 2. The number of para-hydroxylation sites is 5. The number of anilines is 3. The highest BCUT2D eigenvalue weighted by molar-refractivity contribution is 6.11. The smallest absolute Gasteiger partial charge is 0.143 e. The lowest BCUT2D eigenvalue weighted by molar-refractivity contribution is 0.670. The van der Waals surface area contributed by atoms with Crippen LogP contribution in [0.2, 0.25) is 0 Å². The fourth-order valence-corrected chi connectivity index (χ4v) is 10.1. The van der Waals surface area contributed by atoms with Gasteiger partial charge in [0.2, 0.25) is 0 Å². The average Bonchev–Trinajstić information content (AvgIpc) is 3.95. The van der Waals surface area contributed by atoms with Gasteiger partial charge in [-0.2, -0.15) is 0 Å². The van der Waals surface area contributed by atoms with E-state index in [1.807, 2.05) is 12.1 Å². The average molecular weight is 855 g/mol. The fraction of sp³-hybridized carbons (Fsp3) is 0. The van der Waals surface area contributed by atoms with Crippen molar-refractivity contribution in [2.24, 2.45) is 0 Å². The van der Waals surface area contributed by atoms with Crippen LogP contribution in [0.1, 0.15) is 0 Å². The van der Waals surface area contributed by atoms with Crippen molar-refractivity contribution in [2.75, 3.05) is 4.90 Å². The monoisotopic (exact) mass is 854 g/mol. The first kappa shape index (κ1) is 38.5. The van der Waals surface area contributed by atoms with Crippen molar-refractivity contribution < 1.29 is 4.42 Å². The van der Waals surface area contributed by atoms with Gasteiger partial charge in [0, 0.05) is 49.7 Å². The van der Waals surface area contributed by atoms with E-state index >= 15 is 0 Å². The Balaban J connectivity index is 0.888. The highest BCUT2D eigenvalue weighted by atomic mass is 16.3. The van der Waals surface area contributed by atoms with Crippen molar-refractivity contribution in [1.82, 2.24) is 4.57 Å². The second-order valence-corrected chi connectivity index (χ2v) is 17.3. The number of hydrogen-bond donors (Lipinski definition) is 0. The van der Waals surface area contributed by atoms with Crippen LogP contribution in [0.5, 0.6) is 0 Å². The minimum absolute atomic E-state index is 0.910. The maximum atomic E-state index is 6.39. The molecule has 0 aliphatic heterocycles. The Bertz CT molecular complexity index is 3920. The van der Waals surface area contributed by atoms with Crippen LogP contribution >= 0.6 is 0 Å². The number of hydrogen-bond acceptors (Lipinski definition) is 2. The van der Waals surface area contributed by atoms with Crippen LogP contribution in [0.4, 0.5) is 17.1 Å². The van der Waals surface area contributed by atoms with Crippen molar-refractivity contribution in [1.29, 1.82) is 0 Å². The van der Waals surface area contributed by atoms with Crippen LogP contribution in [0.3, 0.4) is 0 Å². The zero-order valence-corrected chi connectivity index (χ0v) is 36.6. The van der Waals surface area contributed by atoms with Gasteiger partial charge in [-0.3, -0.25) is 0 Å². The van der Waals surface area contributed by atoms with Crippen molar-refractivity contribution in [3.63, 3.8) is 0 Å². The molecule has 0 spiro atoms. The molecule has 0 saturated carbocycles. The third-order valence-electron chi connectivity index (χ3n) is 13.4. The van der Waals surface area contributed by atoms with Crippen molar-refractivity contribution in [3.05, 3.63) is 255 Å².